The van der Waals surface area contributed by atoms with Gasteiger partial charge in [0.15, 0.2) is 5.82 Å². The molecule has 4 aromatic rings. The minimum absolute atomic E-state index is 0.137. The van der Waals surface area contributed by atoms with Gasteiger partial charge in [0.25, 0.3) is 5.56 Å². The summed E-state index contributed by atoms with van der Waals surface area (Å²) in [6.45, 7) is 1.84. The van der Waals surface area contributed by atoms with Crippen molar-refractivity contribution in [2.24, 2.45) is 7.05 Å². The summed E-state index contributed by atoms with van der Waals surface area (Å²) in [5, 5.41) is 7.85. The summed E-state index contributed by atoms with van der Waals surface area (Å²) >= 11 is 5.96. The highest BCUT2D eigenvalue weighted by Crippen LogP contribution is 2.23. The minimum atomic E-state index is -0.284. The summed E-state index contributed by atoms with van der Waals surface area (Å²) < 4.78 is 8.35. The van der Waals surface area contributed by atoms with Crippen LogP contribution in [0.5, 0.6) is 5.75 Å². The van der Waals surface area contributed by atoms with Gasteiger partial charge in [0.05, 0.1) is 12.8 Å². The van der Waals surface area contributed by atoms with Crippen molar-refractivity contribution in [3.8, 4) is 17.1 Å². The SMILES string of the molecule is COc1ccccc1NC(=O)CCc1c(C)n(C)c2nc(-c3ccc(Cl)cc3)nn2c1=O. The lowest BCUT2D eigenvalue weighted by molar-refractivity contribution is -0.116. The van der Waals surface area contributed by atoms with Gasteiger partial charge in [-0.2, -0.15) is 9.50 Å². The molecule has 0 spiro atoms. The lowest BCUT2D eigenvalue weighted by Crippen LogP contribution is -2.26. The summed E-state index contributed by atoms with van der Waals surface area (Å²) in [6, 6.07) is 14.3. The normalized spacial score (nSPS) is 11.0. The first kappa shape index (κ1) is 21.6. The van der Waals surface area contributed by atoms with Crippen molar-refractivity contribution in [3.63, 3.8) is 0 Å². The van der Waals surface area contributed by atoms with E-state index in [0.29, 0.717) is 33.6 Å². The molecule has 4 rings (SSSR count). The molecule has 2 heterocycles. The maximum absolute atomic E-state index is 13.1. The molecule has 0 aliphatic heterocycles. The first-order valence-corrected chi connectivity index (χ1v) is 10.4. The number of nitrogens with zero attached hydrogens (tertiary/aromatic N) is 4. The second kappa shape index (κ2) is 8.84. The highest BCUT2D eigenvalue weighted by Gasteiger charge is 2.18. The van der Waals surface area contributed by atoms with Crippen LogP contribution in [0.2, 0.25) is 5.02 Å². The van der Waals surface area contributed by atoms with Gasteiger partial charge in [-0.15, -0.1) is 5.10 Å². The zero-order valence-electron chi connectivity index (χ0n) is 17.9. The molecule has 2 aromatic heterocycles. The van der Waals surface area contributed by atoms with Crippen LogP contribution in [-0.2, 0) is 18.3 Å². The van der Waals surface area contributed by atoms with Crippen molar-refractivity contribution in [1.29, 1.82) is 0 Å². The monoisotopic (exact) mass is 451 g/mol. The van der Waals surface area contributed by atoms with Crippen molar-refractivity contribution >= 4 is 29.0 Å². The Morgan fingerprint density at radius 1 is 1.16 bits per heavy atom. The van der Waals surface area contributed by atoms with Crippen LogP contribution in [0.1, 0.15) is 17.7 Å². The van der Waals surface area contributed by atoms with Crippen molar-refractivity contribution in [2.75, 3.05) is 12.4 Å². The third-order valence-electron chi connectivity index (χ3n) is 5.37. The average Bonchev–Trinajstić information content (AvgIpc) is 3.24. The van der Waals surface area contributed by atoms with Gasteiger partial charge in [0, 0.05) is 35.3 Å². The molecule has 8 nitrogen and oxygen atoms in total. The number of amides is 1. The Morgan fingerprint density at radius 3 is 2.59 bits per heavy atom. The smallest absolute Gasteiger partial charge is 0.279 e. The Balaban J connectivity index is 1.61. The third kappa shape index (κ3) is 4.09. The largest absolute Gasteiger partial charge is 0.495 e. The van der Waals surface area contributed by atoms with Crippen LogP contribution in [0.4, 0.5) is 5.69 Å². The van der Waals surface area contributed by atoms with Crippen LogP contribution in [0, 0.1) is 6.92 Å². The summed E-state index contributed by atoms with van der Waals surface area (Å²) in [7, 11) is 3.37. The number of hydrogen-bond acceptors (Lipinski definition) is 5. The number of anilines is 1. The van der Waals surface area contributed by atoms with Gasteiger partial charge >= 0.3 is 0 Å². The number of methoxy groups -OCH3 is 1. The molecule has 0 aliphatic rings. The molecular formula is C23H22ClN5O3. The number of aromatic nitrogens is 4. The number of rotatable bonds is 6. The Hall–Kier alpha value is -3.65. The number of aryl methyl sites for hydroxylation is 1. The number of halogens is 1. The number of benzene rings is 2. The van der Waals surface area contributed by atoms with E-state index in [1.807, 2.05) is 26.1 Å². The lowest BCUT2D eigenvalue weighted by Gasteiger charge is -2.12. The fraction of sp³-hybridized carbons (Fsp3) is 0.217. The Labute approximate surface area is 189 Å². The molecule has 0 atom stereocenters. The van der Waals surface area contributed by atoms with Gasteiger partial charge in [-0.05, 0) is 49.7 Å². The molecule has 9 heteroatoms. The van der Waals surface area contributed by atoms with E-state index < -0.39 is 0 Å². The number of carbonyl (C=O) groups excluding carboxylic acids is 1. The average molecular weight is 452 g/mol. The maximum Gasteiger partial charge on any atom is 0.279 e. The molecule has 0 radical (unpaired) electrons. The molecule has 2 aromatic carbocycles. The Kier molecular flexibility index (Phi) is 5.96. The predicted octanol–water partition coefficient (Wildman–Crippen LogP) is 3.64. The number of ether oxygens (including phenoxy) is 1. The van der Waals surface area contributed by atoms with Crippen molar-refractivity contribution < 1.29 is 9.53 Å². The van der Waals surface area contributed by atoms with Gasteiger partial charge in [-0.1, -0.05) is 23.7 Å². The summed E-state index contributed by atoms with van der Waals surface area (Å²) in [5.41, 5.74) is 2.32. The van der Waals surface area contributed by atoms with Crippen LogP contribution in [0.25, 0.3) is 17.2 Å². The lowest BCUT2D eigenvalue weighted by atomic mass is 10.1. The predicted molar refractivity (Wildman–Crippen MR) is 123 cm³/mol. The number of carbonyl (C=O) groups is 1. The topological polar surface area (TPSA) is 90.5 Å². The van der Waals surface area contributed by atoms with Crippen LogP contribution >= 0.6 is 11.6 Å². The molecule has 0 saturated carbocycles. The summed E-state index contributed by atoms with van der Waals surface area (Å²) in [4.78, 5) is 30.2. The second-order valence-electron chi connectivity index (χ2n) is 7.33. The molecule has 0 aliphatic carbocycles. The number of hydrogen-bond donors (Lipinski definition) is 1. The van der Waals surface area contributed by atoms with Gasteiger partial charge < -0.3 is 14.6 Å². The molecule has 1 N–H and O–H groups in total. The molecule has 0 unspecified atom stereocenters. The highest BCUT2D eigenvalue weighted by atomic mass is 35.5. The van der Waals surface area contributed by atoms with E-state index in [4.69, 9.17) is 16.3 Å². The quantitative estimate of drug-likeness (QED) is 0.483. The molecule has 0 bridgehead atoms. The van der Waals surface area contributed by atoms with E-state index in [0.717, 1.165) is 11.3 Å². The fourth-order valence-corrected chi connectivity index (χ4v) is 3.63. The van der Waals surface area contributed by atoms with E-state index in [1.165, 1.54) is 4.52 Å². The third-order valence-corrected chi connectivity index (χ3v) is 5.62. The zero-order valence-corrected chi connectivity index (χ0v) is 18.7. The molecule has 164 valence electrons. The number of para-hydroxylation sites is 2. The van der Waals surface area contributed by atoms with Crippen molar-refractivity contribution in [2.45, 2.75) is 19.8 Å². The standard InChI is InChI=1S/C23H22ClN5O3/c1-14-17(12-13-20(30)25-18-6-4-5-7-19(18)32-3)22(31)29-23(28(14)2)26-21(27-29)15-8-10-16(24)11-9-15/h4-11H,12-13H2,1-3H3,(H,25,30). The van der Waals surface area contributed by atoms with Gasteiger partial charge in [-0.25, -0.2) is 0 Å². The molecule has 32 heavy (non-hydrogen) atoms. The van der Waals surface area contributed by atoms with E-state index in [-0.39, 0.29) is 24.3 Å². The Morgan fingerprint density at radius 2 is 1.88 bits per heavy atom. The Bertz CT molecular complexity index is 1360. The maximum atomic E-state index is 13.1. The van der Waals surface area contributed by atoms with E-state index >= 15 is 0 Å². The van der Waals surface area contributed by atoms with Gasteiger partial charge in [-0.3, -0.25) is 9.59 Å². The van der Waals surface area contributed by atoms with Crippen molar-refractivity contribution in [3.05, 3.63) is 75.2 Å². The molecule has 0 saturated heterocycles. The van der Waals surface area contributed by atoms with Crippen LogP contribution in [0.3, 0.4) is 0 Å². The van der Waals surface area contributed by atoms with E-state index in [1.54, 1.807) is 48.1 Å². The van der Waals surface area contributed by atoms with Crippen LogP contribution in [0.15, 0.2) is 53.3 Å². The van der Waals surface area contributed by atoms with Crippen molar-refractivity contribution in [1.82, 2.24) is 19.2 Å². The molecular weight excluding hydrogens is 430 g/mol. The van der Waals surface area contributed by atoms with Gasteiger partial charge in [0.1, 0.15) is 5.75 Å². The van der Waals surface area contributed by atoms with E-state index in [2.05, 4.69) is 15.4 Å². The molecule has 1 amide bonds. The van der Waals surface area contributed by atoms with Crippen LogP contribution < -0.4 is 15.6 Å². The zero-order chi connectivity index (χ0) is 22.8. The first-order valence-electron chi connectivity index (χ1n) is 10.0. The second-order valence-corrected chi connectivity index (χ2v) is 7.77. The molecule has 0 fully saturated rings. The fourth-order valence-electron chi connectivity index (χ4n) is 3.50. The number of nitrogens with one attached hydrogen (secondary N) is 1. The first-order chi connectivity index (χ1) is 15.4. The minimum Gasteiger partial charge on any atom is -0.495 e. The highest BCUT2D eigenvalue weighted by molar-refractivity contribution is 6.30. The summed E-state index contributed by atoms with van der Waals surface area (Å²) in [6.07, 6.45) is 0.407. The van der Waals surface area contributed by atoms with E-state index in [9.17, 15) is 9.59 Å². The number of fused-ring (bicyclic) bond motifs is 1. The van der Waals surface area contributed by atoms with Gasteiger partial charge in [0.2, 0.25) is 11.7 Å². The summed E-state index contributed by atoms with van der Waals surface area (Å²) in [5.74, 6) is 1.22. The van der Waals surface area contributed by atoms with Crippen LogP contribution in [-0.4, -0.2) is 32.2 Å².